The Morgan fingerprint density at radius 1 is 1.42 bits per heavy atom. The van der Waals surface area contributed by atoms with Crippen LogP contribution in [0.4, 0.5) is 0 Å². The number of rotatable bonds is 2. The van der Waals surface area contributed by atoms with Crippen molar-refractivity contribution in [2.75, 3.05) is 0 Å². The van der Waals surface area contributed by atoms with Gasteiger partial charge in [-0.2, -0.15) is 5.10 Å². The summed E-state index contributed by atoms with van der Waals surface area (Å²) in [6.45, 7) is 6.53. The van der Waals surface area contributed by atoms with Gasteiger partial charge in [0.05, 0.1) is 11.7 Å². The lowest BCUT2D eigenvalue weighted by molar-refractivity contribution is 0.613. The number of aromatic nitrogens is 2. The molecule has 1 fully saturated rings. The van der Waals surface area contributed by atoms with Crippen LogP contribution in [0.3, 0.4) is 0 Å². The summed E-state index contributed by atoms with van der Waals surface area (Å²) in [6, 6.07) is 0.726. The Labute approximate surface area is 73.6 Å². The number of hydrogen-bond donors (Lipinski definition) is 0. The van der Waals surface area contributed by atoms with Gasteiger partial charge >= 0.3 is 0 Å². The summed E-state index contributed by atoms with van der Waals surface area (Å²) < 4.78 is 2.22. The van der Waals surface area contributed by atoms with Crippen LogP contribution in [-0.4, -0.2) is 9.78 Å². The summed E-state index contributed by atoms with van der Waals surface area (Å²) in [4.78, 5) is 0. The molecule has 66 valence electrons. The van der Waals surface area contributed by atoms with Gasteiger partial charge in [-0.3, -0.25) is 4.68 Å². The fourth-order valence-corrected chi connectivity index (χ4v) is 1.67. The Morgan fingerprint density at radius 3 is 2.50 bits per heavy atom. The standard InChI is InChI=1S/C10H16N2/c1-4-10-7(2)8(3)12(11-10)9-5-6-9/h9H,4-6H2,1-3H3. The quantitative estimate of drug-likeness (QED) is 0.656. The molecular weight excluding hydrogens is 148 g/mol. The average Bonchev–Trinajstić information content (AvgIpc) is 2.84. The summed E-state index contributed by atoms with van der Waals surface area (Å²) in [6.07, 6.45) is 3.71. The highest BCUT2D eigenvalue weighted by Gasteiger charge is 2.26. The van der Waals surface area contributed by atoms with Gasteiger partial charge in [-0.25, -0.2) is 0 Å². The Balaban J connectivity index is 2.41. The maximum atomic E-state index is 4.61. The number of nitrogens with zero attached hydrogens (tertiary/aromatic N) is 2. The molecule has 1 aromatic rings. The van der Waals surface area contributed by atoms with Crippen LogP contribution in [0.2, 0.25) is 0 Å². The zero-order valence-electron chi connectivity index (χ0n) is 8.09. The Kier molecular flexibility index (Phi) is 1.71. The van der Waals surface area contributed by atoms with Gasteiger partial charge < -0.3 is 0 Å². The lowest BCUT2D eigenvalue weighted by Gasteiger charge is -1.99. The Hall–Kier alpha value is -0.790. The zero-order valence-corrected chi connectivity index (χ0v) is 8.09. The van der Waals surface area contributed by atoms with Gasteiger partial charge in [-0.1, -0.05) is 6.92 Å². The van der Waals surface area contributed by atoms with E-state index in [0.717, 1.165) is 12.5 Å². The predicted octanol–water partition coefficient (Wildman–Crippen LogP) is 2.40. The van der Waals surface area contributed by atoms with Crippen LogP contribution in [0.25, 0.3) is 0 Å². The molecule has 2 rings (SSSR count). The largest absolute Gasteiger partial charge is 0.266 e. The topological polar surface area (TPSA) is 17.8 Å². The molecule has 0 spiro atoms. The molecule has 0 saturated heterocycles. The number of hydrogen-bond acceptors (Lipinski definition) is 1. The average molecular weight is 164 g/mol. The monoisotopic (exact) mass is 164 g/mol. The fraction of sp³-hybridized carbons (Fsp3) is 0.700. The second-order valence-corrected chi connectivity index (χ2v) is 3.69. The van der Waals surface area contributed by atoms with E-state index in [9.17, 15) is 0 Å². The minimum absolute atomic E-state index is 0.726. The van der Waals surface area contributed by atoms with Crippen LogP contribution >= 0.6 is 0 Å². The normalized spacial score (nSPS) is 16.9. The molecule has 0 bridgehead atoms. The van der Waals surface area contributed by atoms with Crippen molar-refractivity contribution in [3.05, 3.63) is 17.0 Å². The van der Waals surface area contributed by atoms with Crippen LogP contribution in [0.15, 0.2) is 0 Å². The van der Waals surface area contributed by atoms with E-state index in [2.05, 4.69) is 30.6 Å². The summed E-state index contributed by atoms with van der Waals surface area (Å²) in [5.41, 5.74) is 4.04. The molecule has 12 heavy (non-hydrogen) atoms. The fourth-order valence-electron chi connectivity index (χ4n) is 1.67. The summed E-state index contributed by atoms with van der Waals surface area (Å²) >= 11 is 0. The van der Waals surface area contributed by atoms with Gasteiger partial charge in [0.2, 0.25) is 0 Å². The summed E-state index contributed by atoms with van der Waals surface area (Å²) in [5, 5.41) is 4.61. The second kappa shape index (κ2) is 2.61. The van der Waals surface area contributed by atoms with Gasteiger partial charge in [0.25, 0.3) is 0 Å². The molecule has 0 aromatic carbocycles. The molecule has 1 aliphatic rings. The van der Waals surface area contributed by atoms with Crippen LogP contribution in [0.1, 0.15) is 42.8 Å². The highest BCUT2D eigenvalue weighted by Crippen LogP contribution is 2.36. The molecule has 0 atom stereocenters. The van der Waals surface area contributed by atoms with Crippen LogP contribution < -0.4 is 0 Å². The van der Waals surface area contributed by atoms with E-state index in [1.165, 1.54) is 29.8 Å². The summed E-state index contributed by atoms with van der Waals surface area (Å²) in [5.74, 6) is 0. The van der Waals surface area contributed by atoms with Gasteiger partial charge in [-0.15, -0.1) is 0 Å². The van der Waals surface area contributed by atoms with Crippen LogP contribution in [0, 0.1) is 13.8 Å². The van der Waals surface area contributed by atoms with Crippen molar-refractivity contribution in [3.63, 3.8) is 0 Å². The molecular formula is C10H16N2. The molecule has 0 radical (unpaired) electrons. The minimum atomic E-state index is 0.726. The van der Waals surface area contributed by atoms with Crippen molar-refractivity contribution >= 4 is 0 Å². The van der Waals surface area contributed by atoms with E-state index in [-0.39, 0.29) is 0 Å². The molecule has 2 nitrogen and oxygen atoms in total. The third-order valence-electron chi connectivity index (χ3n) is 2.78. The first-order valence-corrected chi connectivity index (χ1v) is 4.78. The van der Waals surface area contributed by atoms with E-state index in [1.54, 1.807) is 0 Å². The van der Waals surface area contributed by atoms with Crippen molar-refractivity contribution in [3.8, 4) is 0 Å². The lowest BCUT2D eigenvalue weighted by atomic mass is 10.2. The van der Waals surface area contributed by atoms with E-state index < -0.39 is 0 Å². The lowest BCUT2D eigenvalue weighted by Crippen LogP contribution is -1.98. The molecule has 1 aromatic heterocycles. The first kappa shape index (κ1) is 7.84. The molecule has 0 amide bonds. The summed E-state index contributed by atoms with van der Waals surface area (Å²) in [7, 11) is 0. The molecule has 2 heteroatoms. The smallest absolute Gasteiger partial charge is 0.0653 e. The third kappa shape index (κ3) is 1.06. The van der Waals surface area contributed by atoms with Crippen molar-refractivity contribution in [1.29, 1.82) is 0 Å². The highest BCUT2D eigenvalue weighted by atomic mass is 15.3. The van der Waals surface area contributed by atoms with Crippen molar-refractivity contribution in [2.45, 2.75) is 46.1 Å². The molecule has 0 aliphatic heterocycles. The molecule has 1 saturated carbocycles. The van der Waals surface area contributed by atoms with Gasteiger partial charge in [-0.05, 0) is 38.7 Å². The highest BCUT2D eigenvalue weighted by molar-refractivity contribution is 5.24. The molecule has 0 N–H and O–H groups in total. The third-order valence-corrected chi connectivity index (χ3v) is 2.78. The maximum Gasteiger partial charge on any atom is 0.0653 e. The molecule has 1 heterocycles. The van der Waals surface area contributed by atoms with Gasteiger partial charge in [0, 0.05) is 5.69 Å². The zero-order chi connectivity index (χ0) is 8.72. The first-order chi connectivity index (χ1) is 5.74. The van der Waals surface area contributed by atoms with Gasteiger partial charge in [0.1, 0.15) is 0 Å². The van der Waals surface area contributed by atoms with Crippen LogP contribution in [-0.2, 0) is 6.42 Å². The first-order valence-electron chi connectivity index (χ1n) is 4.78. The molecule has 1 aliphatic carbocycles. The van der Waals surface area contributed by atoms with E-state index >= 15 is 0 Å². The van der Waals surface area contributed by atoms with Crippen molar-refractivity contribution in [1.82, 2.24) is 9.78 Å². The van der Waals surface area contributed by atoms with Crippen molar-refractivity contribution < 1.29 is 0 Å². The van der Waals surface area contributed by atoms with Crippen molar-refractivity contribution in [2.24, 2.45) is 0 Å². The Morgan fingerprint density at radius 2 is 2.08 bits per heavy atom. The van der Waals surface area contributed by atoms with E-state index in [0.29, 0.717) is 0 Å². The predicted molar refractivity (Wildman–Crippen MR) is 49.4 cm³/mol. The minimum Gasteiger partial charge on any atom is -0.266 e. The Bertz CT molecular complexity index is 295. The SMILES string of the molecule is CCc1nn(C2CC2)c(C)c1C. The van der Waals surface area contributed by atoms with E-state index in [1.807, 2.05) is 0 Å². The molecule has 0 unspecified atom stereocenters. The number of aryl methyl sites for hydroxylation is 1. The van der Waals surface area contributed by atoms with Gasteiger partial charge in [0.15, 0.2) is 0 Å². The van der Waals surface area contributed by atoms with E-state index in [4.69, 9.17) is 0 Å². The second-order valence-electron chi connectivity index (χ2n) is 3.69. The van der Waals surface area contributed by atoms with Crippen LogP contribution in [0.5, 0.6) is 0 Å². The maximum absolute atomic E-state index is 4.61.